The highest BCUT2D eigenvalue weighted by atomic mass is 16.6. The third kappa shape index (κ3) is 5.10. The van der Waals surface area contributed by atoms with E-state index in [2.05, 4.69) is 41.3 Å². The summed E-state index contributed by atoms with van der Waals surface area (Å²) in [7, 11) is 1.70. The van der Waals surface area contributed by atoms with Crippen molar-refractivity contribution in [2.75, 3.05) is 33.3 Å². The minimum absolute atomic E-state index is 0.233. The summed E-state index contributed by atoms with van der Waals surface area (Å²) in [6.45, 7) is 4.64. The average molecular weight is 457 g/mol. The molecule has 5 heteroatoms. The summed E-state index contributed by atoms with van der Waals surface area (Å²) in [6, 6.07) is 26.9. The number of fused-ring (bicyclic) bond motifs is 1. The van der Waals surface area contributed by atoms with Gasteiger partial charge in [0.2, 0.25) is 0 Å². The standard InChI is InChI=1S/C29H32N2O3/c1-33-27-13-7-12-24(16-27)28-20-31(29(32)34-21-22-8-3-2-4-9-22)19-26(28)18-30-15-14-23-10-5-6-11-25(23)17-30/h2-13,16,26,28H,14-15,17-21H2,1H3. The lowest BCUT2D eigenvalue weighted by atomic mass is 9.87. The van der Waals surface area contributed by atoms with Crippen molar-refractivity contribution in [3.8, 4) is 5.75 Å². The van der Waals surface area contributed by atoms with E-state index in [1.807, 2.05) is 47.4 Å². The second-order valence-corrected chi connectivity index (χ2v) is 9.34. The Kier molecular flexibility index (Phi) is 6.82. The first kappa shape index (κ1) is 22.5. The highest BCUT2D eigenvalue weighted by molar-refractivity contribution is 5.68. The van der Waals surface area contributed by atoms with Crippen molar-refractivity contribution in [1.82, 2.24) is 9.80 Å². The molecule has 0 bridgehead atoms. The summed E-state index contributed by atoms with van der Waals surface area (Å²) in [6.07, 6.45) is 0.846. The topological polar surface area (TPSA) is 42.0 Å². The molecular weight excluding hydrogens is 424 g/mol. The normalized spacial score (nSPS) is 20.1. The van der Waals surface area contributed by atoms with E-state index in [1.54, 1.807) is 7.11 Å². The maximum atomic E-state index is 13.0. The van der Waals surface area contributed by atoms with Crippen LogP contribution in [0.5, 0.6) is 5.75 Å². The van der Waals surface area contributed by atoms with Crippen molar-refractivity contribution >= 4 is 6.09 Å². The SMILES string of the molecule is COc1cccc(C2CN(C(=O)OCc3ccccc3)CC2CN2CCc3ccccc3C2)c1. The monoisotopic (exact) mass is 456 g/mol. The maximum Gasteiger partial charge on any atom is 0.410 e. The number of benzene rings is 3. The molecule has 1 saturated heterocycles. The number of amides is 1. The second-order valence-electron chi connectivity index (χ2n) is 9.34. The largest absolute Gasteiger partial charge is 0.497 e. The average Bonchev–Trinajstić information content (AvgIpc) is 3.31. The predicted molar refractivity (Wildman–Crippen MR) is 133 cm³/mol. The van der Waals surface area contributed by atoms with Crippen LogP contribution in [0.3, 0.4) is 0 Å². The smallest absolute Gasteiger partial charge is 0.410 e. The number of carbonyl (C=O) groups excluding carboxylic acids is 1. The molecule has 2 heterocycles. The third-order valence-electron chi connectivity index (χ3n) is 7.13. The molecule has 0 aromatic heterocycles. The Balaban J connectivity index is 1.30. The number of hydrogen-bond donors (Lipinski definition) is 0. The van der Waals surface area contributed by atoms with E-state index in [9.17, 15) is 4.79 Å². The molecule has 3 aromatic rings. The molecule has 2 atom stereocenters. The first-order valence-electron chi connectivity index (χ1n) is 12.1. The molecule has 2 aliphatic heterocycles. The fourth-order valence-electron chi connectivity index (χ4n) is 5.31. The van der Waals surface area contributed by atoms with Crippen LogP contribution in [0.2, 0.25) is 0 Å². The molecule has 0 saturated carbocycles. The number of nitrogens with zero attached hydrogens (tertiary/aromatic N) is 2. The molecule has 2 unspecified atom stereocenters. The van der Waals surface area contributed by atoms with Gasteiger partial charge in [-0.3, -0.25) is 4.90 Å². The number of likely N-dealkylation sites (tertiary alicyclic amines) is 1. The van der Waals surface area contributed by atoms with Gasteiger partial charge >= 0.3 is 6.09 Å². The van der Waals surface area contributed by atoms with Crippen LogP contribution in [0.4, 0.5) is 4.79 Å². The Morgan fingerprint density at radius 2 is 1.74 bits per heavy atom. The van der Waals surface area contributed by atoms with Gasteiger partial charge in [-0.2, -0.15) is 0 Å². The molecule has 1 amide bonds. The Bertz CT molecular complexity index is 1120. The van der Waals surface area contributed by atoms with Gasteiger partial charge in [0.1, 0.15) is 12.4 Å². The van der Waals surface area contributed by atoms with Crippen LogP contribution in [0.1, 0.15) is 28.2 Å². The number of rotatable bonds is 6. The van der Waals surface area contributed by atoms with E-state index in [1.165, 1.54) is 16.7 Å². The fraction of sp³-hybridized carbons (Fsp3) is 0.345. The number of methoxy groups -OCH3 is 1. The first-order valence-corrected chi connectivity index (χ1v) is 12.1. The molecule has 2 aliphatic rings. The van der Waals surface area contributed by atoms with E-state index in [0.717, 1.165) is 37.4 Å². The molecule has 1 fully saturated rings. The summed E-state index contributed by atoms with van der Waals surface area (Å²) in [5.74, 6) is 1.44. The van der Waals surface area contributed by atoms with Gasteiger partial charge in [0.25, 0.3) is 0 Å². The third-order valence-corrected chi connectivity index (χ3v) is 7.13. The van der Waals surface area contributed by atoms with Crippen molar-refractivity contribution in [2.45, 2.75) is 25.5 Å². The Hall–Kier alpha value is -3.31. The molecule has 34 heavy (non-hydrogen) atoms. The summed E-state index contributed by atoms with van der Waals surface area (Å²) in [5, 5.41) is 0. The molecule has 0 aliphatic carbocycles. The highest BCUT2D eigenvalue weighted by Crippen LogP contribution is 2.36. The summed E-state index contributed by atoms with van der Waals surface area (Å²) >= 11 is 0. The molecule has 176 valence electrons. The molecule has 0 N–H and O–H groups in total. The second kappa shape index (κ2) is 10.3. The van der Waals surface area contributed by atoms with Crippen molar-refractivity contribution < 1.29 is 14.3 Å². The van der Waals surface area contributed by atoms with Gasteiger partial charge in [-0.15, -0.1) is 0 Å². The lowest BCUT2D eigenvalue weighted by molar-refractivity contribution is 0.102. The molecular formula is C29H32N2O3. The number of hydrogen-bond acceptors (Lipinski definition) is 4. The Morgan fingerprint density at radius 3 is 2.56 bits per heavy atom. The van der Waals surface area contributed by atoms with Gasteiger partial charge in [-0.1, -0.05) is 66.7 Å². The minimum atomic E-state index is -0.233. The Morgan fingerprint density at radius 1 is 0.941 bits per heavy atom. The maximum absolute atomic E-state index is 13.0. The molecule has 5 nitrogen and oxygen atoms in total. The highest BCUT2D eigenvalue weighted by Gasteiger charge is 2.38. The lowest BCUT2D eigenvalue weighted by Crippen LogP contribution is -2.37. The van der Waals surface area contributed by atoms with Crippen LogP contribution in [0.15, 0.2) is 78.9 Å². The summed E-state index contributed by atoms with van der Waals surface area (Å²) < 4.78 is 11.2. The van der Waals surface area contributed by atoms with Gasteiger partial charge in [-0.25, -0.2) is 4.79 Å². The molecule has 5 rings (SSSR count). The van der Waals surface area contributed by atoms with Crippen molar-refractivity contribution in [3.05, 3.63) is 101 Å². The van der Waals surface area contributed by atoms with E-state index >= 15 is 0 Å². The molecule has 0 radical (unpaired) electrons. The van der Waals surface area contributed by atoms with Crippen LogP contribution in [-0.2, 0) is 24.3 Å². The van der Waals surface area contributed by atoms with Crippen molar-refractivity contribution in [3.63, 3.8) is 0 Å². The fourth-order valence-corrected chi connectivity index (χ4v) is 5.31. The summed E-state index contributed by atoms with van der Waals surface area (Å²) in [5.41, 5.74) is 5.10. The zero-order valence-electron chi connectivity index (χ0n) is 19.7. The van der Waals surface area contributed by atoms with Crippen molar-refractivity contribution in [2.24, 2.45) is 5.92 Å². The van der Waals surface area contributed by atoms with Gasteiger partial charge < -0.3 is 14.4 Å². The minimum Gasteiger partial charge on any atom is -0.497 e. The van der Waals surface area contributed by atoms with Gasteiger partial charge in [0.05, 0.1) is 7.11 Å². The van der Waals surface area contributed by atoms with Crippen LogP contribution in [0, 0.1) is 5.92 Å². The van der Waals surface area contributed by atoms with Gasteiger partial charge in [-0.05, 0) is 46.7 Å². The van der Waals surface area contributed by atoms with Gasteiger partial charge in [0.15, 0.2) is 0 Å². The first-order chi connectivity index (χ1) is 16.7. The summed E-state index contributed by atoms with van der Waals surface area (Å²) in [4.78, 5) is 17.4. The van der Waals surface area contributed by atoms with Crippen molar-refractivity contribution in [1.29, 1.82) is 0 Å². The molecule has 0 spiro atoms. The predicted octanol–water partition coefficient (Wildman–Crippen LogP) is 5.11. The van der Waals surface area contributed by atoms with E-state index in [4.69, 9.17) is 9.47 Å². The van der Waals surface area contributed by atoms with Crippen LogP contribution >= 0.6 is 0 Å². The van der Waals surface area contributed by atoms with Crippen LogP contribution in [0.25, 0.3) is 0 Å². The van der Waals surface area contributed by atoms with Crippen LogP contribution in [-0.4, -0.2) is 49.2 Å². The lowest BCUT2D eigenvalue weighted by Gasteiger charge is -2.32. The van der Waals surface area contributed by atoms with E-state index in [-0.39, 0.29) is 12.0 Å². The van der Waals surface area contributed by atoms with E-state index < -0.39 is 0 Å². The number of carbonyl (C=O) groups is 1. The zero-order chi connectivity index (χ0) is 23.3. The quantitative estimate of drug-likeness (QED) is 0.517. The molecule has 3 aromatic carbocycles. The van der Waals surface area contributed by atoms with E-state index in [0.29, 0.717) is 25.6 Å². The van der Waals surface area contributed by atoms with Crippen LogP contribution < -0.4 is 4.74 Å². The zero-order valence-corrected chi connectivity index (χ0v) is 19.7. The van der Waals surface area contributed by atoms with Gasteiger partial charge in [0, 0.05) is 38.6 Å². The number of ether oxygens (including phenoxy) is 2. The Labute approximate surface area is 201 Å².